The van der Waals surface area contributed by atoms with Gasteiger partial charge in [0, 0.05) is 11.1 Å². The van der Waals surface area contributed by atoms with E-state index in [0.29, 0.717) is 34.1 Å². The van der Waals surface area contributed by atoms with Crippen molar-refractivity contribution >= 4 is 17.9 Å². The normalized spacial score (nSPS) is 10.4. The van der Waals surface area contributed by atoms with E-state index < -0.39 is 0 Å². The quantitative estimate of drug-likeness (QED) is 0.792. The molecule has 0 saturated carbocycles. The highest BCUT2D eigenvalue weighted by atomic mass is 35.5. The molecule has 0 unspecified atom stereocenters. The van der Waals surface area contributed by atoms with E-state index in [0.717, 1.165) is 11.3 Å². The number of aryl methyl sites for hydroxylation is 2. The largest absolute Gasteiger partial charge is 0.493 e. The van der Waals surface area contributed by atoms with Gasteiger partial charge in [-0.2, -0.15) is 0 Å². The molecule has 0 aliphatic heterocycles. The van der Waals surface area contributed by atoms with Crippen LogP contribution >= 0.6 is 11.6 Å². The number of carbonyl (C=O) groups excluding carboxylic acids is 1. The van der Waals surface area contributed by atoms with Crippen molar-refractivity contribution in [1.82, 2.24) is 5.16 Å². The Labute approximate surface area is 121 Å². The summed E-state index contributed by atoms with van der Waals surface area (Å²) in [5.41, 5.74) is 1.93. The minimum Gasteiger partial charge on any atom is -0.493 e. The molecule has 0 atom stereocenters. The average Bonchev–Trinajstić information content (AvgIpc) is 2.75. The Balaban J connectivity index is 2.31. The molecule has 2 aromatic rings. The molecule has 106 valence electrons. The SMILES string of the molecule is COc1cc(Cl)cc(C=O)c1OCc1c(C)noc1C. The average molecular weight is 296 g/mol. The van der Waals surface area contributed by atoms with Crippen LogP contribution in [0.15, 0.2) is 16.7 Å². The highest BCUT2D eigenvalue weighted by molar-refractivity contribution is 6.31. The topological polar surface area (TPSA) is 61.6 Å². The minimum absolute atomic E-state index is 0.236. The Kier molecular flexibility index (Phi) is 4.29. The summed E-state index contributed by atoms with van der Waals surface area (Å²) in [7, 11) is 1.49. The fourth-order valence-corrected chi connectivity index (χ4v) is 2.05. The summed E-state index contributed by atoms with van der Waals surface area (Å²) in [4.78, 5) is 11.1. The smallest absolute Gasteiger partial charge is 0.172 e. The van der Waals surface area contributed by atoms with E-state index in [1.54, 1.807) is 13.0 Å². The Morgan fingerprint density at radius 2 is 2.15 bits per heavy atom. The first kappa shape index (κ1) is 14.4. The molecule has 0 saturated heterocycles. The van der Waals surface area contributed by atoms with Gasteiger partial charge in [0.2, 0.25) is 0 Å². The van der Waals surface area contributed by atoms with Crippen molar-refractivity contribution in [3.05, 3.63) is 39.7 Å². The van der Waals surface area contributed by atoms with Gasteiger partial charge in [-0.05, 0) is 19.9 Å². The van der Waals surface area contributed by atoms with Crippen LogP contribution in [0.3, 0.4) is 0 Å². The molecule has 0 N–H and O–H groups in total. The van der Waals surface area contributed by atoms with Crippen molar-refractivity contribution in [2.24, 2.45) is 0 Å². The Hall–Kier alpha value is -2.01. The van der Waals surface area contributed by atoms with Crippen LogP contribution in [0.2, 0.25) is 5.02 Å². The zero-order valence-electron chi connectivity index (χ0n) is 11.4. The van der Waals surface area contributed by atoms with Crippen LogP contribution in [-0.2, 0) is 6.61 Å². The molecule has 20 heavy (non-hydrogen) atoms. The lowest BCUT2D eigenvalue weighted by molar-refractivity contribution is 0.111. The van der Waals surface area contributed by atoms with Gasteiger partial charge in [-0.3, -0.25) is 4.79 Å². The third kappa shape index (κ3) is 2.77. The summed E-state index contributed by atoms with van der Waals surface area (Å²) in [5.74, 6) is 1.45. The van der Waals surface area contributed by atoms with E-state index >= 15 is 0 Å². The molecule has 0 bridgehead atoms. The number of carbonyl (C=O) groups is 1. The number of methoxy groups -OCH3 is 1. The van der Waals surface area contributed by atoms with E-state index in [-0.39, 0.29) is 6.61 Å². The number of aldehydes is 1. The molecular formula is C14H14ClNO4. The van der Waals surface area contributed by atoms with Gasteiger partial charge < -0.3 is 14.0 Å². The van der Waals surface area contributed by atoms with Gasteiger partial charge in [0.15, 0.2) is 17.8 Å². The fraction of sp³-hybridized carbons (Fsp3) is 0.286. The van der Waals surface area contributed by atoms with Crippen LogP contribution in [0.1, 0.15) is 27.4 Å². The van der Waals surface area contributed by atoms with Crippen molar-refractivity contribution < 1.29 is 18.8 Å². The van der Waals surface area contributed by atoms with Crippen molar-refractivity contribution in [2.75, 3.05) is 7.11 Å². The second kappa shape index (κ2) is 5.96. The van der Waals surface area contributed by atoms with Gasteiger partial charge >= 0.3 is 0 Å². The third-order valence-corrected chi connectivity index (χ3v) is 3.16. The number of hydrogen-bond donors (Lipinski definition) is 0. The minimum atomic E-state index is 0.236. The van der Waals surface area contributed by atoms with Crippen LogP contribution in [0.4, 0.5) is 0 Å². The maximum absolute atomic E-state index is 11.1. The second-order valence-corrected chi connectivity index (χ2v) is 4.67. The van der Waals surface area contributed by atoms with E-state index in [1.165, 1.54) is 13.2 Å². The second-order valence-electron chi connectivity index (χ2n) is 4.24. The van der Waals surface area contributed by atoms with Gasteiger partial charge in [-0.1, -0.05) is 16.8 Å². The van der Waals surface area contributed by atoms with Gasteiger partial charge in [0.05, 0.1) is 23.9 Å². The molecule has 1 aromatic carbocycles. The molecule has 5 nitrogen and oxygen atoms in total. The van der Waals surface area contributed by atoms with Crippen LogP contribution in [-0.4, -0.2) is 18.6 Å². The lowest BCUT2D eigenvalue weighted by Crippen LogP contribution is -2.02. The van der Waals surface area contributed by atoms with Gasteiger partial charge in [0.25, 0.3) is 0 Å². The summed E-state index contributed by atoms with van der Waals surface area (Å²) < 4.78 is 16.0. The van der Waals surface area contributed by atoms with Crippen LogP contribution in [0.5, 0.6) is 11.5 Å². The molecule has 0 aliphatic carbocycles. The monoisotopic (exact) mass is 295 g/mol. The Morgan fingerprint density at radius 3 is 2.70 bits per heavy atom. The van der Waals surface area contributed by atoms with Crippen molar-refractivity contribution in [3.8, 4) is 11.5 Å². The Bertz CT molecular complexity index is 617. The van der Waals surface area contributed by atoms with Crippen molar-refractivity contribution in [2.45, 2.75) is 20.5 Å². The van der Waals surface area contributed by atoms with E-state index in [2.05, 4.69) is 5.16 Å². The van der Waals surface area contributed by atoms with Crippen molar-refractivity contribution in [1.29, 1.82) is 0 Å². The summed E-state index contributed by atoms with van der Waals surface area (Å²) in [5, 5.41) is 4.26. The maximum Gasteiger partial charge on any atom is 0.172 e. The predicted molar refractivity (Wildman–Crippen MR) is 73.7 cm³/mol. The van der Waals surface area contributed by atoms with E-state index in [9.17, 15) is 4.79 Å². The summed E-state index contributed by atoms with van der Waals surface area (Å²) in [6, 6.07) is 3.12. The van der Waals surface area contributed by atoms with E-state index in [1.807, 2.05) is 6.92 Å². The molecule has 0 spiro atoms. The lowest BCUT2D eigenvalue weighted by atomic mass is 10.2. The fourth-order valence-electron chi connectivity index (χ4n) is 1.83. The third-order valence-electron chi connectivity index (χ3n) is 2.94. The number of aromatic nitrogens is 1. The number of rotatable bonds is 5. The van der Waals surface area contributed by atoms with Gasteiger partial charge in [-0.15, -0.1) is 0 Å². The molecule has 1 aromatic heterocycles. The highest BCUT2D eigenvalue weighted by Crippen LogP contribution is 2.34. The molecule has 0 aliphatic rings. The molecule has 0 fully saturated rings. The number of halogens is 1. The van der Waals surface area contributed by atoms with Crippen LogP contribution in [0.25, 0.3) is 0 Å². The molecule has 2 rings (SSSR count). The Morgan fingerprint density at radius 1 is 1.40 bits per heavy atom. The van der Waals surface area contributed by atoms with Crippen LogP contribution in [0, 0.1) is 13.8 Å². The first-order valence-electron chi connectivity index (χ1n) is 5.94. The number of ether oxygens (including phenoxy) is 2. The van der Waals surface area contributed by atoms with Gasteiger partial charge in [0.1, 0.15) is 12.4 Å². The standard InChI is InChI=1S/C14H14ClNO4/c1-8-12(9(2)20-16-8)7-19-14-10(6-17)4-11(15)5-13(14)18-3/h4-6H,7H2,1-3H3. The molecule has 0 radical (unpaired) electrons. The number of benzene rings is 1. The highest BCUT2D eigenvalue weighted by Gasteiger charge is 2.15. The predicted octanol–water partition coefficient (Wildman–Crippen LogP) is 3.34. The zero-order chi connectivity index (χ0) is 14.7. The molecule has 1 heterocycles. The molecule has 0 amide bonds. The maximum atomic E-state index is 11.1. The van der Waals surface area contributed by atoms with E-state index in [4.69, 9.17) is 25.6 Å². The van der Waals surface area contributed by atoms with Crippen LogP contribution < -0.4 is 9.47 Å². The first-order chi connectivity index (χ1) is 9.56. The molecular weight excluding hydrogens is 282 g/mol. The zero-order valence-corrected chi connectivity index (χ0v) is 12.2. The number of nitrogens with zero attached hydrogens (tertiary/aromatic N) is 1. The lowest BCUT2D eigenvalue weighted by Gasteiger charge is -2.13. The number of hydrogen-bond acceptors (Lipinski definition) is 5. The van der Waals surface area contributed by atoms with Gasteiger partial charge in [-0.25, -0.2) is 0 Å². The summed E-state index contributed by atoms with van der Waals surface area (Å²) >= 11 is 5.91. The summed E-state index contributed by atoms with van der Waals surface area (Å²) in [6.45, 7) is 3.87. The summed E-state index contributed by atoms with van der Waals surface area (Å²) in [6.07, 6.45) is 0.678. The van der Waals surface area contributed by atoms with Crippen molar-refractivity contribution in [3.63, 3.8) is 0 Å². The first-order valence-corrected chi connectivity index (χ1v) is 6.32. The molecule has 6 heteroatoms.